The van der Waals surface area contributed by atoms with E-state index in [1.165, 1.54) is 11.8 Å². The van der Waals surface area contributed by atoms with E-state index in [9.17, 15) is 4.79 Å². The van der Waals surface area contributed by atoms with Gasteiger partial charge in [0.15, 0.2) is 11.0 Å². The molecular formula is C25H20N6OS. The maximum absolute atomic E-state index is 12.4. The smallest absolute Gasteiger partial charge is 0.250 e. The SMILES string of the molecule is O=C(CSc1nnc(-c2ccccc2)n1-c1ccccc1)NN=Cc1c[nH]c2ccccc12. The molecule has 162 valence electrons. The molecule has 0 aliphatic heterocycles. The summed E-state index contributed by atoms with van der Waals surface area (Å²) in [4.78, 5) is 15.6. The van der Waals surface area contributed by atoms with Gasteiger partial charge in [-0.2, -0.15) is 5.10 Å². The zero-order chi connectivity index (χ0) is 22.5. The van der Waals surface area contributed by atoms with Gasteiger partial charge in [-0.3, -0.25) is 9.36 Å². The van der Waals surface area contributed by atoms with Crippen molar-refractivity contribution in [1.82, 2.24) is 25.2 Å². The van der Waals surface area contributed by atoms with Crippen molar-refractivity contribution in [3.05, 3.63) is 96.7 Å². The fourth-order valence-corrected chi connectivity index (χ4v) is 4.23. The maximum atomic E-state index is 12.4. The van der Waals surface area contributed by atoms with Crippen molar-refractivity contribution in [3.8, 4) is 17.1 Å². The van der Waals surface area contributed by atoms with Gasteiger partial charge in [-0.25, -0.2) is 5.43 Å². The lowest BCUT2D eigenvalue weighted by molar-refractivity contribution is -0.118. The molecule has 5 rings (SSSR count). The Labute approximate surface area is 194 Å². The Hall–Kier alpha value is -4.17. The summed E-state index contributed by atoms with van der Waals surface area (Å²) >= 11 is 1.31. The summed E-state index contributed by atoms with van der Waals surface area (Å²) in [6.45, 7) is 0. The third kappa shape index (κ3) is 4.56. The van der Waals surface area contributed by atoms with Gasteiger partial charge in [0, 0.05) is 33.9 Å². The van der Waals surface area contributed by atoms with Crippen molar-refractivity contribution in [2.75, 3.05) is 5.75 Å². The van der Waals surface area contributed by atoms with E-state index in [1.807, 2.05) is 95.7 Å². The summed E-state index contributed by atoms with van der Waals surface area (Å²) in [5.74, 6) is 0.660. The zero-order valence-electron chi connectivity index (χ0n) is 17.6. The summed E-state index contributed by atoms with van der Waals surface area (Å²) < 4.78 is 1.96. The Kier molecular flexibility index (Phi) is 5.99. The molecule has 0 atom stereocenters. The van der Waals surface area contributed by atoms with Crippen LogP contribution >= 0.6 is 11.8 Å². The van der Waals surface area contributed by atoms with Crippen molar-refractivity contribution in [2.45, 2.75) is 5.16 Å². The van der Waals surface area contributed by atoms with E-state index in [2.05, 4.69) is 25.7 Å². The second-order valence-electron chi connectivity index (χ2n) is 7.21. The number of nitrogens with zero attached hydrogens (tertiary/aromatic N) is 4. The van der Waals surface area contributed by atoms with E-state index in [-0.39, 0.29) is 11.7 Å². The predicted octanol–water partition coefficient (Wildman–Crippen LogP) is 4.66. The molecule has 7 nitrogen and oxygen atoms in total. The van der Waals surface area contributed by atoms with Crippen LogP contribution in [-0.2, 0) is 4.79 Å². The second kappa shape index (κ2) is 9.54. The summed E-state index contributed by atoms with van der Waals surface area (Å²) in [6, 6.07) is 27.7. The number of fused-ring (bicyclic) bond motifs is 1. The molecular weight excluding hydrogens is 432 g/mol. The van der Waals surface area contributed by atoms with Gasteiger partial charge in [-0.15, -0.1) is 10.2 Å². The molecule has 0 saturated heterocycles. The molecule has 0 aliphatic carbocycles. The van der Waals surface area contributed by atoms with Crippen molar-refractivity contribution in [3.63, 3.8) is 0 Å². The molecule has 0 unspecified atom stereocenters. The maximum Gasteiger partial charge on any atom is 0.250 e. The summed E-state index contributed by atoms with van der Waals surface area (Å²) in [5.41, 5.74) is 6.41. The fourth-order valence-electron chi connectivity index (χ4n) is 3.48. The molecule has 2 aromatic heterocycles. The molecule has 1 amide bonds. The first-order chi connectivity index (χ1) is 16.3. The number of nitrogens with one attached hydrogen (secondary N) is 2. The molecule has 5 aromatic rings. The number of para-hydroxylation sites is 2. The van der Waals surface area contributed by atoms with Crippen LogP contribution in [0.25, 0.3) is 28.0 Å². The minimum absolute atomic E-state index is 0.158. The highest BCUT2D eigenvalue weighted by Gasteiger charge is 2.17. The van der Waals surface area contributed by atoms with Crippen LogP contribution in [0, 0.1) is 0 Å². The van der Waals surface area contributed by atoms with E-state index < -0.39 is 0 Å². The Balaban J connectivity index is 1.30. The molecule has 0 bridgehead atoms. The zero-order valence-corrected chi connectivity index (χ0v) is 18.4. The normalized spacial score (nSPS) is 11.3. The van der Waals surface area contributed by atoms with E-state index >= 15 is 0 Å². The lowest BCUT2D eigenvalue weighted by Gasteiger charge is -2.10. The Morgan fingerprint density at radius 2 is 1.70 bits per heavy atom. The summed E-state index contributed by atoms with van der Waals surface area (Å²) in [5, 5.41) is 14.5. The van der Waals surface area contributed by atoms with Crippen LogP contribution in [0.2, 0.25) is 0 Å². The van der Waals surface area contributed by atoms with Crippen LogP contribution in [0.15, 0.2) is 101 Å². The van der Waals surface area contributed by atoms with Crippen LogP contribution < -0.4 is 5.43 Å². The average Bonchev–Trinajstić information content (AvgIpc) is 3.48. The minimum Gasteiger partial charge on any atom is -0.361 e. The van der Waals surface area contributed by atoms with E-state index in [1.54, 1.807) is 6.21 Å². The topological polar surface area (TPSA) is 88.0 Å². The first-order valence-corrected chi connectivity index (χ1v) is 11.4. The van der Waals surface area contributed by atoms with Crippen molar-refractivity contribution < 1.29 is 4.79 Å². The van der Waals surface area contributed by atoms with Crippen LogP contribution in [0.1, 0.15) is 5.56 Å². The van der Waals surface area contributed by atoms with Crippen LogP contribution in [0.5, 0.6) is 0 Å². The third-order valence-electron chi connectivity index (χ3n) is 5.03. The lowest BCUT2D eigenvalue weighted by atomic mass is 10.2. The van der Waals surface area contributed by atoms with Crippen LogP contribution in [0.4, 0.5) is 0 Å². The standard InChI is InChI=1S/C25H20N6OS/c32-23(28-27-16-19-15-26-22-14-8-7-13-21(19)22)17-33-25-30-29-24(18-9-3-1-4-10-18)31(25)20-11-5-2-6-12-20/h1-16,26H,17H2,(H,28,32). The van der Waals surface area contributed by atoms with Gasteiger partial charge in [0.2, 0.25) is 0 Å². The number of hydrogen-bond donors (Lipinski definition) is 2. The van der Waals surface area contributed by atoms with Gasteiger partial charge >= 0.3 is 0 Å². The molecule has 0 saturated carbocycles. The number of thioether (sulfide) groups is 1. The Bertz CT molecular complexity index is 1410. The highest BCUT2D eigenvalue weighted by Crippen LogP contribution is 2.27. The first kappa shape index (κ1) is 20.7. The number of carbonyl (C=O) groups is 1. The van der Waals surface area contributed by atoms with Gasteiger partial charge in [-0.05, 0) is 18.2 Å². The molecule has 8 heteroatoms. The highest BCUT2D eigenvalue weighted by atomic mass is 32.2. The molecule has 0 radical (unpaired) electrons. The van der Waals surface area contributed by atoms with Gasteiger partial charge in [0.05, 0.1) is 12.0 Å². The van der Waals surface area contributed by atoms with Crippen molar-refractivity contribution >= 4 is 34.8 Å². The number of carbonyl (C=O) groups excluding carboxylic acids is 1. The number of H-pyrrole nitrogens is 1. The van der Waals surface area contributed by atoms with Crippen molar-refractivity contribution in [1.29, 1.82) is 0 Å². The van der Waals surface area contributed by atoms with Crippen LogP contribution in [0.3, 0.4) is 0 Å². The number of aromatic amines is 1. The van der Waals surface area contributed by atoms with E-state index in [4.69, 9.17) is 0 Å². The first-order valence-electron chi connectivity index (χ1n) is 10.4. The Morgan fingerprint density at radius 1 is 0.970 bits per heavy atom. The number of amides is 1. The number of aromatic nitrogens is 4. The molecule has 0 fully saturated rings. The molecule has 3 aromatic carbocycles. The van der Waals surface area contributed by atoms with Crippen LogP contribution in [-0.4, -0.2) is 37.6 Å². The Morgan fingerprint density at radius 3 is 2.52 bits per heavy atom. The summed E-state index contributed by atoms with van der Waals surface area (Å²) in [7, 11) is 0. The summed E-state index contributed by atoms with van der Waals surface area (Å²) in [6.07, 6.45) is 3.50. The number of hydrogen-bond acceptors (Lipinski definition) is 5. The number of hydrazone groups is 1. The van der Waals surface area contributed by atoms with Crippen molar-refractivity contribution in [2.24, 2.45) is 5.10 Å². The number of benzene rings is 3. The highest BCUT2D eigenvalue weighted by molar-refractivity contribution is 7.99. The molecule has 2 N–H and O–H groups in total. The van der Waals surface area contributed by atoms with Gasteiger partial charge in [-0.1, -0.05) is 78.5 Å². The molecule has 0 aliphatic rings. The largest absolute Gasteiger partial charge is 0.361 e. The molecule has 0 spiro atoms. The van der Waals surface area contributed by atoms with E-state index in [0.717, 1.165) is 33.5 Å². The quantitative estimate of drug-likeness (QED) is 0.214. The van der Waals surface area contributed by atoms with E-state index in [0.29, 0.717) is 5.16 Å². The minimum atomic E-state index is -0.222. The average molecular weight is 453 g/mol. The third-order valence-corrected chi connectivity index (χ3v) is 5.96. The second-order valence-corrected chi connectivity index (χ2v) is 8.16. The fraction of sp³-hybridized carbons (Fsp3) is 0.0400. The van der Waals surface area contributed by atoms with Gasteiger partial charge < -0.3 is 4.98 Å². The van der Waals surface area contributed by atoms with Gasteiger partial charge in [0.25, 0.3) is 5.91 Å². The molecule has 33 heavy (non-hydrogen) atoms. The molecule has 2 heterocycles. The van der Waals surface area contributed by atoms with Gasteiger partial charge in [0.1, 0.15) is 0 Å². The number of rotatable bonds is 7. The monoisotopic (exact) mass is 452 g/mol. The predicted molar refractivity (Wildman–Crippen MR) is 132 cm³/mol. The lowest BCUT2D eigenvalue weighted by Crippen LogP contribution is -2.20.